The second-order valence-corrected chi connectivity index (χ2v) is 7.83. The normalized spacial score (nSPS) is 19.0. The van der Waals surface area contributed by atoms with Gasteiger partial charge in [-0.1, -0.05) is 18.2 Å². The Morgan fingerprint density at radius 2 is 2.21 bits per heavy atom. The largest absolute Gasteiger partial charge is 0.481 e. The number of carbonyl (C=O) groups is 2. The highest BCUT2D eigenvalue weighted by atomic mass is 32.1. The summed E-state index contributed by atoms with van der Waals surface area (Å²) < 4.78 is 0. The molecule has 0 saturated heterocycles. The van der Waals surface area contributed by atoms with Crippen molar-refractivity contribution in [2.45, 2.75) is 45.2 Å². The number of hydrogen-bond donors (Lipinski definition) is 1. The van der Waals surface area contributed by atoms with Gasteiger partial charge in [-0.15, -0.1) is 11.3 Å². The van der Waals surface area contributed by atoms with Crippen molar-refractivity contribution in [1.29, 1.82) is 5.26 Å². The van der Waals surface area contributed by atoms with Crippen molar-refractivity contribution in [3.05, 3.63) is 57.0 Å². The van der Waals surface area contributed by atoms with Crippen molar-refractivity contribution in [3.8, 4) is 6.07 Å². The second kappa shape index (κ2) is 8.36. The number of aryl methyl sites for hydroxylation is 1. The number of aliphatic carboxylic acids is 1. The number of thiazole rings is 1. The third kappa shape index (κ3) is 4.12. The van der Waals surface area contributed by atoms with E-state index in [-0.39, 0.29) is 30.0 Å². The molecule has 6 nitrogen and oxygen atoms in total. The first kappa shape index (κ1) is 19.8. The van der Waals surface area contributed by atoms with Gasteiger partial charge in [-0.3, -0.25) is 9.59 Å². The third-order valence-electron chi connectivity index (χ3n) is 5.00. The molecule has 28 heavy (non-hydrogen) atoms. The monoisotopic (exact) mass is 395 g/mol. The number of nitriles is 1. The molecule has 0 saturated carbocycles. The zero-order valence-corrected chi connectivity index (χ0v) is 16.6. The zero-order chi connectivity index (χ0) is 20.3. The molecule has 1 aliphatic heterocycles. The maximum Gasteiger partial charge on any atom is 0.303 e. The Morgan fingerprint density at radius 3 is 2.86 bits per heavy atom. The number of nitrogens with zero attached hydrogens (tertiary/aromatic N) is 3. The van der Waals surface area contributed by atoms with Gasteiger partial charge in [-0.2, -0.15) is 5.26 Å². The summed E-state index contributed by atoms with van der Waals surface area (Å²) in [6, 6.07) is 7.72. The van der Waals surface area contributed by atoms with Crippen molar-refractivity contribution in [1.82, 2.24) is 9.88 Å². The van der Waals surface area contributed by atoms with Gasteiger partial charge >= 0.3 is 5.97 Å². The van der Waals surface area contributed by atoms with Crippen molar-refractivity contribution in [3.63, 3.8) is 0 Å². The molecule has 0 aliphatic carbocycles. The summed E-state index contributed by atoms with van der Waals surface area (Å²) in [5.41, 5.74) is 3.24. The standard InChI is InChI=1S/C21H21N3O3S/c1-13-9-16-10-15(4-6-20(25)26)3-5-18(16)14(2)24(13)21(27)17(12-22)11-19-23-7-8-28-19/h3,5,7-8,10-11,13-14H,4,6,9H2,1-2H3,(H,25,26). The second-order valence-electron chi connectivity index (χ2n) is 6.91. The van der Waals surface area contributed by atoms with Crippen LogP contribution in [-0.4, -0.2) is 32.9 Å². The van der Waals surface area contributed by atoms with E-state index < -0.39 is 5.97 Å². The number of amides is 1. The molecule has 1 aromatic carbocycles. The van der Waals surface area contributed by atoms with Crippen molar-refractivity contribution in [2.24, 2.45) is 0 Å². The number of rotatable bonds is 5. The van der Waals surface area contributed by atoms with E-state index in [2.05, 4.69) is 4.98 Å². The summed E-state index contributed by atoms with van der Waals surface area (Å²) in [5.74, 6) is -1.11. The Kier molecular flexibility index (Phi) is 5.90. The lowest BCUT2D eigenvalue weighted by Crippen LogP contribution is -2.45. The maximum absolute atomic E-state index is 13.1. The predicted molar refractivity (Wildman–Crippen MR) is 107 cm³/mol. The fourth-order valence-corrected chi connectivity index (χ4v) is 4.25. The number of carboxylic acid groups (broad SMARTS) is 1. The molecule has 0 bridgehead atoms. The minimum Gasteiger partial charge on any atom is -0.481 e. The highest BCUT2D eigenvalue weighted by Gasteiger charge is 2.34. The molecule has 0 radical (unpaired) electrons. The topological polar surface area (TPSA) is 94.3 Å². The molecule has 2 heterocycles. The first-order chi connectivity index (χ1) is 13.4. The number of aromatic nitrogens is 1. The lowest BCUT2D eigenvalue weighted by Gasteiger charge is -2.40. The molecule has 1 aliphatic rings. The van der Waals surface area contributed by atoms with E-state index in [0.29, 0.717) is 17.8 Å². The van der Waals surface area contributed by atoms with Crippen LogP contribution in [0.5, 0.6) is 0 Å². The molecule has 0 fully saturated rings. The summed E-state index contributed by atoms with van der Waals surface area (Å²) in [6.45, 7) is 3.93. The van der Waals surface area contributed by atoms with Crippen molar-refractivity contribution in [2.75, 3.05) is 0 Å². The van der Waals surface area contributed by atoms with E-state index in [9.17, 15) is 14.9 Å². The van der Waals surface area contributed by atoms with Gasteiger partial charge in [0.15, 0.2) is 0 Å². The molecule has 7 heteroatoms. The van der Waals surface area contributed by atoms with Crippen LogP contribution in [0.2, 0.25) is 0 Å². The third-order valence-corrected chi connectivity index (χ3v) is 5.72. The lowest BCUT2D eigenvalue weighted by atomic mass is 9.87. The van der Waals surface area contributed by atoms with E-state index in [1.807, 2.05) is 38.1 Å². The van der Waals surface area contributed by atoms with E-state index in [1.54, 1.807) is 16.5 Å². The maximum atomic E-state index is 13.1. The Morgan fingerprint density at radius 1 is 1.43 bits per heavy atom. The van der Waals surface area contributed by atoms with E-state index in [0.717, 1.165) is 16.7 Å². The van der Waals surface area contributed by atoms with Crippen LogP contribution >= 0.6 is 11.3 Å². The van der Waals surface area contributed by atoms with Gasteiger partial charge in [0, 0.05) is 24.0 Å². The molecule has 2 unspecified atom stereocenters. The Balaban J connectivity index is 1.86. The van der Waals surface area contributed by atoms with E-state index >= 15 is 0 Å². The lowest BCUT2D eigenvalue weighted by molar-refractivity contribution is -0.137. The number of carbonyl (C=O) groups excluding carboxylic acids is 1. The average Bonchev–Trinajstić information content (AvgIpc) is 3.17. The van der Waals surface area contributed by atoms with Crippen LogP contribution < -0.4 is 0 Å². The Labute approximate surface area is 167 Å². The smallest absolute Gasteiger partial charge is 0.303 e. The molecular weight excluding hydrogens is 374 g/mol. The van der Waals surface area contributed by atoms with E-state index in [4.69, 9.17) is 5.11 Å². The molecule has 1 aromatic heterocycles. The number of carboxylic acids is 1. The fourth-order valence-electron chi connectivity index (χ4n) is 3.68. The first-order valence-corrected chi connectivity index (χ1v) is 9.96. The molecule has 2 atom stereocenters. The molecule has 144 valence electrons. The molecular formula is C21H21N3O3S. The number of hydrogen-bond acceptors (Lipinski definition) is 5. The van der Waals surface area contributed by atoms with Gasteiger partial charge in [-0.05, 0) is 49.5 Å². The first-order valence-electron chi connectivity index (χ1n) is 9.08. The molecule has 2 aromatic rings. The van der Waals surface area contributed by atoms with Crippen LogP contribution in [0.25, 0.3) is 6.08 Å². The fraction of sp³-hybridized carbons (Fsp3) is 0.333. The minimum absolute atomic E-state index is 0.0715. The van der Waals surface area contributed by atoms with Crippen LogP contribution in [0.1, 0.15) is 48.0 Å². The summed E-state index contributed by atoms with van der Waals surface area (Å²) in [6.07, 6.45) is 4.43. The van der Waals surface area contributed by atoms with Crippen LogP contribution in [-0.2, 0) is 22.4 Å². The summed E-state index contributed by atoms with van der Waals surface area (Å²) in [7, 11) is 0. The number of benzene rings is 1. The molecule has 1 N–H and O–H groups in total. The van der Waals surface area contributed by atoms with Gasteiger partial charge in [0.05, 0.1) is 6.04 Å². The summed E-state index contributed by atoms with van der Waals surface area (Å²) in [5, 5.41) is 20.8. The minimum atomic E-state index is -0.813. The predicted octanol–water partition coefficient (Wildman–Crippen LogP) is 3.60. The van der Waals surface area contributed by atoms with Crippen LogP contribution in [0, 0.1) is 11.3 Å². The van der Waals surface area contributed by atoms with E-state index in [1.165, 1.54) is 17.4 Å². The average molecular weight is 395 g/mol. The van der Waals surface area contributed by atoms with Gasteiger partial charge < -0.3 is 10.0 Å². The van der Waals surface area contributed by atoms with Crippen LogP contribution in [0.15, 0.2) is 35.3 Å². The number of fused-ring (bicyclic) bond motifs is 1. The Hall–Kier alpha value is -2.98. The van der Waals surface area contributed by atoms with Gasteiger partial charge in [-0.25, -0.2) is 4.98 Å². The highest BCUT2D eigenvalue weighted by Crippen LogP contribution is 2.34. The summed E-state index contributed by atoms with van der Waals surface area (Å²) >= 11 is 1.38. The molecule has 3 rings (SSSR count). The zero-order valence-electron chi connectivity index (χ0n) is 15.8. The molecule has 1 amide bonds. The van der Waals surface area contributed by atoms with Crippen molar-refractivity contribution >= 4 is 29.3 Å². The van der Waals surface area contributed by atoms with Gasteiger partial charge in [0.1, 0.15) is 16.6 Å². The quantitative estimate of drug-likeness (QED) is 0.617. The SMILES string of the molecule is CC1Cc2cc(CCC(=O)O)ccc2C(C)N1C(=O)C(C#N)=Cc1nccs1. The summed E-state index contributed by atoms with van der Waals surface area (Å²) in [4.78, 5) is 29.8. The van der Waals surface area contributed by atoms with Crippen LogP contribution in [0.3, 0.4) is 0 Å². The van der Waals surface area contributed by atoms with Gasteiger partial charge in [0.2, 0.25) is 0 Å². The van der Waals surface area contributed by atoms with Crippen molar-refractivity contribution < 1.29 is 14.7 Å². The van der Waals surface area contributed by atoms with Crippen LogP contribution in [0.4, 0.5) is 0 Å². The van der Waals surface area contributed by atoms with Gasteiger partial charge in [0.25, 0.3) is 5.91 Å². The highest BCUT2D eigenvalue weighted by molar-refractivity contribution is 7.10. The Bertz CT molecular complexity index is 960. The molecule has 0 spiro atoms.